The number of carbonyl (C=O) groups is 1. The van der Waals surface area contributed by atoms with Crippen LogP contribution in [0.5, 0.6) is 0 Å². The summed E-state index contributed by atoms with van der Waals surface area (Å²) in [5.74, 6) is 0.167. The molecule has 0 bridgehead atoms. The summed E-state index contributed by atoms with van der Waals surface area (Å²) in [5, 5.41) is 0. The number of nitrogens with one attached hydrogen (secondary N) is 1. The summed E-state index contributed by atoms with van der Waals surface area (Å²) in [7, 11) is 4.03. The van der Waals surface area contributed by atoms with Gasteiger partial charge in [-0.3, -0.25) is 4.79 Å². The van der Waals surface area contributed by atoms with Crippen molar-refractivity contribution in [2.24, 2.45) is 0 Å². The first kappa shape index (κ1) is 14.3. The van der Waals surface area contributed by atoms with E-state index in [0.29, 0.717) is 4.34 Å². The van der Waals surface area contributed by atoms with Crippen molar-refractivity contribution < 1.29 is 9.69 Å². The third kappa shape index (κ3) is 3.66. The predicted octanol–water partition coefficient (Wildman–Crippen LogP) is 2.34. The number of carbonyl (C=O) groups excluding carboxylic acids is 1. The van der Waals surface area contributed by atoms with Crippen molar-refractivity contribution in [3.63, 3.8) is 0 Å². The molecule has 0 aliphatic rings. The number of quaternary nitrogens is 1. The molecule has 100 valence electrons. The summed E-state index contributed by atoms with van der Waals surface area (Å²) >= 11 is 7.26. The Balaban J connectivity index is 2.19. The molecule has 1 aromatic heterocycles. The summed E-state index contributed by atoms with van der Waals surface area (Å²) in [6, 6.07) is 13.6. The standard InChI is InChI=1S/C15H16ClNOS/c1-17(2)12(10-11-6-4-3-5-7-11)15(18)13-8-9-14(16)19-13/h3-9,12H,10H2,1-2H3/p+1/t12-/m1/s1. The molecule has 0 fully saturated rings. The molecule has 0 spiro atoms. The Hall–Kier alpha value is -1.16. The first-order valence-corrected chi connectivity index (χ1v) is 7.41. The fraction of sp³-hybridized carbons (Fsp3) is 0.267. The van der Waals surface area contributed by atoms with Crippen LogP contribution in [-0.4, -0.2) is 25.9 Å². The van der Waals surface area contributed by atoms with Gasteiger partial charge in [-0.1, -0.05) is 41.9 Å². The van der Waals surface area contributed by atoms with Crippen LogP contribution in [0.2, 0.25) is 4.34 Å². The highest BCUT2D eigenvalue weighted by atomic mass is 35.5. The second kappa shape index (κ2) is 6.33. The number of hydrogen-bond acceptors (Lipinski definition) is 2. The average molecular weight is 295 g/mol. The van der Waals surface area contributed by atoms with E-state index in [1.165, 1.54) is 16.9 Å². The van der Waals surface area contributed by atoms with Gasteiger partial charge >= 0.3 is 0 Å². The number of ketones is 1. The van der Waals surface area contributed by atoms with Crippen molar-refractivity contribution in [2.45, 2.75) is 12.5 Å². The van der Waals surface area contributed by atoms with Crippen LogP contribution >= 0.6 is 22.9 Å². The lowest BCUT2D eigenvalue weighted by molar-refractivity contribution is -0.874. The third-order valence-electron chi connectivity index (χ3n) is 3.11. The van der Waals surface area contributed by atoms with Crippen molar-refractivity contribution >= 4 is 28.7 Å². The first-order valence-electron chi connectivity index (χ1n) is 6.21. The van der Waals surface area contributed by atoms with E-state index >= 15 is 0 Å². The minimum Gasteiger partial charge on any atom is -0.331 e. The second-order valence-electron chi connectivity index (χ2n) is 4.79. The lowest BCUT2D eigenvalue weighted by atomic mass is 10.0. The molecule has 1 aromatic carbocycles. The smallest absolute Gasteiger partial charge is 0.230 e. The highest BCUT2D eigenvalue weighted by Gasteiger charge is 2.27. The zero-order chi connectivity index (χ0) is 13.8. The van der Waals surface area contributed by atoms with Gasteiger partial charge in [-0.15, -0.1) is 11.3 Å². The molecular formula is C15H17ClNOS+. The monoisotopic (exact) mass is 294 g/mol. The van der Waals surface area contributed by atoms with E-state index in [-0.39, 0.29) is 11.8 Å². The fourth-order valence-electron chi connectivity index (χ4n) is 2.03. The van der Waals surface area contributed by atoms with Crippen molar-refractivity contribution in [3.05, 3.63) is 57.2 Å². The SMILES string of the molecule is C[NH+](C)[C@H](Cc1ccccc1)C(=O)c1ccc(Cl)s1. The molecule has 2 nitrogen and oxygen atoms in total. The van der Waals surface area contributed by atoms with Crippen molar-refractivity contribution in [1.29, 1.82) is 0 Å². The van der Waals surface area contributed by atoms with Crippen LogP contribution < -0.4 is 4.90 Å². The van der Waals surface area contributed by atoms with E-state index < -0.39 is 0 Å². The zero-order valence-corrected chi connectivity index (χ0v) is 12.6. The van der Waals surface area contributed by atoms with Crippen molar-refractivity contribution in [3.8, 4) is 0 Å². The Morgan fingerprint density at radius 3 is 2.42 bits per heavy atom. The Morgan fingerprint density at radius 2 is 1.89 bits per heavy atom. The normalized spacial score (nSPS) is 12.6. The van der Waals surface area contributed by atoms with Crippen LogP contribution in [0, 0.1) is 0 Å². The quantitative estimate of drug-likeness (QED) is 0.840. The molecular weight excluding hydrogens is 278 g/mol. The molecule has 2 rings (SSSR count). The number of rotatable bonds is 5. The summed E-state index contributed by atoms with van der Waals surface area (Å²) in [6.07, 6.45) is 0.748. The summed E-state index contributed by atoms with van der Waals surface area (Å²) in [6.45, 7) is 0. The lowest BCUT2D eigenvalue weighted by Crippen LogP contribution is -3.11. The predicted molar refractivity (Wildman–Crippen MR) is 80.4 cm³/mol. The van der Waals surface area contributed by atoms with Gasteiger partial charge < -0.3 is 4.90 Å². The van der Waals surface area contributed by atoms with Gasteiger partial charge in [0.2, 0.25) is 5.78 Å². The maximum Gasteiger partial charge on any atom is 0.230 e. The highest BCUT2D eigenvalue weighted by Crippen LogP contribution is 2.22. The molecule has 1 N–H and O–H groups in total. The molecule has 0 saturated heterocycles. The summed E-state index contributed by atoms with van der Waals surface area (Å²) in [4.78, 5) is 14.4. The maximum absolute atomic E-state index is 12.5. The highest BCUT2D eigenvalue weighted by molar-refractivity contribution is 7.18. The molecule has 0 amide bonds. The van der Waals surface area contributed by atoms with Crippen LogP contribution in [0.1, 0.15) is 15.2 Å². The summed E-state index contributed by atoms with van der Waals surface area (Å²) < 4.78 is 0.663. The Bertz CT molecular complexity index is 550. The minimum absolute atomic E-state index is 0.0721. The van der Waals surface area contributed by atoms with E-state index in [9.17, 15) is 4.79 Å². The number of Topliss-reactive ketones (excluding diaryl/α,β-unsaturated/α-hetero) is 1. The number of hydrogen-bond donors (Lipinski definition) is 1. The molecule has 1 atom stereocenters. The third-order valence-corrected chi connectivity index (χ3v) is 4.36. The molecule has 2 aromatic rings. The van der Waals surface area contributed by atoms with Crippen LogP contribution in [0.4, 0.5) is 0 Å². The van der Waals surface area contributed by atoms with Gasteiger partial charge in [0.15, 0.2) is 6.04 Å². The van der Waals surface area contributed by atoms with Gasteiger partial charge in [0.05, 0.1) is 23.3 Å². The molecule has 0 aliphatic heterocycles. The van der Waals surface area contributed by atoms with E-state index in [0.717, 1.165) is 16.2 Å². The van der Waals surface area contributed by atoms with Crippen molar-refractivity contribution in [1.82, 2.24) is 0 Å². The Labute approximate surface area is 122 Å². The first-order chi connectivity index (χ1) is 9.08. The largest absolute Gasteiger partial charge is 0.331 e. The average Bonchev–Trinajstić information content (AvgIpc) is 2.83. The molecule has 19 heavy (non-hydrogen) atoms. The van der Waals surface area contributed by atoms with Crippen LogP contribution in [-0.2, 0) is 6.42 Å². The zero-order valence-electron chi connectivity index (χ0n) is 11.0. The molecule has 4 heteroatoms. The van der Waals surface area contributed by atoms with E-state index in [4.69, 9.17) is 11.6 Å². The molecule has 0 radical (unpaired) electrons. The second-order valence-corrected chi connectivity index (χ2v) is 6.50. The Morgan fingerprint density at radius 1 is 1.21 bits per heavy atom. The van der Waals surface area contributed by atoms with Crippen LogP contribution in [0.25, 0.3) is 0 Å². The fourth-order valence-corrected chi connectivity index (χ4v) is 3.06. The van der Waals surface area contributed by atoms with E-state index in [1.54, 1.807) is 6.07 Å². The number of likely N-dealkylation sites (N-methyl/N-ethyl adjacent to an activating group) is 1. The van der Waals surface area contributed by atoms with E-state index in [1.807, 2.05) is 38.4 Å². The topological polar surface area (TPSA) is 21.5 Å². The van der Waals surface area contributed by atoms with Gasteiger partial charge in [-0.25, -0.2) is 0 Å². The summed E-state index contributed by atoms with van der Waals surface area (Å²) in [5.41, 5.74) is 1.18. The molecule has 0 saturated carbocycles. The number of thiophene rings is 1. The molecule has 0 aliphatic carbocycles. The van der Waals surface area contributed by atoms with Gasteiger partial charge in [-0.2, -0.15) is 0 Å². The number of benzene rings is 1. The van der Waals surface area contributed by atoms with Gasteiger partial charge in [0.1, 0.15) is 0 Å². The number of halogens is 1. The van der Waals surface area contributed by atoms with Gasteiger partial charge in [0.25, 0.3) is 0 Å². The Kier molecular flexibility index (Phi) is 4.75. The van der Waals surface area contributed by atoms with Gasteiger partial charge in [0, 0.05) is 6.42 Å². The van der Waals surface area contributed by atoms with Crippen molar-refractivity contribution in [2.75, 3.05) is 14.1 Å². The van der Waals surface area contributed by atoms with Gasteiger partial charge in [-0.05, 0) is 17.7 Å². The van der Waals surface area contributed by atoms with Crippen LogP contribution in [0.3, 0.4) is 0 Å². The maximum atomic E-state index is 12.5. The molecule has 0 unspecified atom stereocenters. The molecule has 1 heterocycles. The van der Waals surface area contributed by atoms with E-state index in [2.05, 4.69) is 12.1 Å². The lowest BCUT2D eigenvalue weighted by Gasteiger charge is -2.19. The minimum atomic E-state index is -0.0721. The van der Waals surface area contributed by atoms with Crippen LogP contribution in [0.15, 0.2) is 42.5 Å².